The van der Waals surface area contributed by atoms with Crippen LogP contribution in [0.2, 0.25) is 0 Å². The monoisotopic (exact) mass is 262 g/mol. The highest BCUT2D eigenvalue weighted by atomic mass is 16.5. The lowest BCUT2D eigenvalue weighted by molar-refractivity contribution is 0.182. The minimum atomic E-state index is 0.681. The summed E-state index contributed by atoms with van der Waals surface area (Å²) in [6.07, 6.45) is 4.17. The van der Waals surface area contributed by atoms with E-state index in [9.17, 15) is 0 Å². The molecule has 0 fully saturated rings. The van der Waals surface area contributed by atoms with Crippen molar-refractivity contribution in [1.82, 2.24) is 14.3 Å². The summed E-state index contributed by atoms with van der Waals surface area (Å²) in [7, 11) is 3.74. The molecule has 0 amide bonds. The Balaban J connectivity index is 2.05. The lowest BCUT2D eigenvalue weighted by Crippen LogP contribution is -2.08. The number of hydrogen-bond acceptors (Lipinski definition) is 3. The van der Waals surface area contributed by atoms with Crippen LogP contribution in [0, 0.1) is 13.8 Å². The largest absolute Gasteiger partial charge is 0.383 e. The van der Waals surface area contributed by atoms with Crippen molar-refractivity contribution in [2.75, 3.05) is 19.0 Å². The summed E-state index contributed by atoms with van der Waals surface area (Å²) in [6, 6.07) is 2.12. The van der Waals surface area contributed by atoms with E-state index >= 15 is 0 Å². The highest BCUT2D eigenvalue weighted by molar-refractivity contribution is 5.52. The molecule has 104 valence electrons. The van der Waals surface area contributed by atoms with Crippen molar-refractivity contribution in [2.24, 2.45) is 7.05 Å². The molecular weight excluding hydrogens is 240 g/mol. The van der Waals surface area contributed by atoms with E-state index in [-0.39, 0.29) is 0 Å². The molecule has 2 aromatic rings. The lowest BCUT2D eigenvalue weighted by atomic mass is 10.3. The van der Waals surface area contributed by atoms with Gasteiger partial charge in [0, 0.05) is 33.1 Å². The highest BCUT2D eigenvalue weighted by Crippen LogP contribution is 2.20. The Morgan fingerprint density at radius 1 is 1.37 bits per heavy atom. The molecular formula is C14H22N4O. The molecule has 0 saturated carbocycles. The Kier molecular flexibility index (Phi) is 4.27. The molecule has 0 bridgehead atoms. The van der Waals surface area contributed by atoms with Gasteiger partial charge in [0.2, 0.25) is 0 Å². The molecule has 5 nitrogen and oxygen atoms in total. The summed E-state index contributed by atoms with van der Waals surface area (Å²) >= 11 is 0. The van der Waals surface area contributed by atoms with E-state index in [2.05, 4.69) is 40.4 Å². The number of aromatic nitrogens is 3. The summed E-state index contributed by atoms with van der Waals surface area (Å²) in [6.45, 7) is 6.40. The fourth-order valence-corrected chi connectivity index (χ4v) is 2.20. The fourth-order valence-electron chi connectivity index (χ4n) is 2.20. The van der Waals surface area contributed by atoms with Crippen molar-refractivity contribution in [3.63, 3.8) is 0 Å². The highest BCUT2D eigenvalue weighted by Gasteiger charge is 2.10. The van der Waals surface area contributed by atoms with Gasteiger partial charge in [0.05, 0.1) is 30.2 Å². The van der Waals surface area contributed by atoms with Crippen molar-refractivity contribution in [3.05, 3.63) is 35.4 Å². The van der Waals surface area contributed by atoms with Crippen LogP contribution in [0.4, 0.5) is 5.69 Å². The summed E-state index contributed by atoms with van der Waals surface area (Å²) in [5.41, 5.74) is 4.58. The van der Waals surface area contributed by atoms with Crippen LogP contribution in [0.3, 0.4) is 0 Å². The molecule has 0 aliphatic carbocycles. The second-order valence-corrected chi connectivity index (χ2v) is 4.80. The fraction of sp³-hybridized carbons (Fsp3) is 0.500. The van der Waals surface area contributed by atoms with Gasteiger partial charge >= 0.3 is 0 Å². The second kappa shape index (κ2) is 5.93. The molecule has 2 aromatic heterocycles. The van der Waals surface area contributed by atoms with Crippen LogP contribution in [-0.2, 0) is 24.9 Å². The van der Waals surface area contributed by atoms with Gasteiger partial charge in [0.25, 0.3) is 0 Å². The van der Waals surface area contributed by atoms with Gasteiger partial charge in [-0.15, -0.1) is 0 Å². The zero-order chi connectivity index (χ0) is 13.8. The maximum absolute atomic E-state index is 5.10. The van der Waals surface area contributed by atoms with Crippen molar-refractivity contribution in [1.29, 1.82) is 0 Å². The van der Waals surface area contributed by atoms with Crippen molar-refractivity contribution in [2.45, 2.75) is 26.9 Å². The number of rotatable bonds is 6. The van der Waals surface area contributed by atoms with E-state index in [1.807, 2.05) is 18.7 Å². The number of nitrogens with zero attached hydrogens (tertiary/aromatic N) is 3. The summed E-state index contributed by atoms with van der Waals surface area (Å²) in [5.74, 6) is 0. The van der Waals surface area contributed by atoms with Gasteiger partial charge in [-0.2, -0.15) is 5.10 Å². The first kappa shape index (κ1) is 13.7. The van der Waals surface area contributed by atoms with Crippen molar-refractivity contribution < 1.29 is 4.74 Å². The predicted octanol–water partition coefficient (Wildman–Crippen LogP) is 2.10. The molecule has 0 spiro atoms. The smallest absolute Gasteiger partial charge is 0.0828 e. The second-order valence-electron chi connectivity index (χ2n) is 4.80. The van der Waals surface area contributed by atoms with Crippen LogP contribution < -0.4 is 5.32 Å². The minimum absolute atomic E-state index is 0.681. The Morgan fingerprint density at radius 3 is 2.79 bits per heavy atom. The Labute approximate surface area is 114 Å². The quantitative estimate of drug-likeness (QED) is 0.867. The standard InChI is InChI=1S/C14H22N4O/c1-11-14(12(2)18(16-11)7-8-19-4)15-9-13-5-6-17(3)10-13/h5-6,10,15H,7-9H2,1-4H3. The predicted molar refractivity (Wildman–Crippen MR) is 76.3 cm³/mol. The van der Waals surface area contributed by atoms with E-state index in [0.29, 0.717) is 6.61 Å². The SMILES string of the molecule is COCCn1nc(C)c(NCc2ccn(C)c2)c1C. The Bertz CT molecular complexity index is 542. The summed E-state index contributed by atoms with van der Waals surface area (Å²) in [4.78, 5) is 0. The summed E-state index contributed by atoms with van der Waals surface area (Å²) < 4.78 is 9.14. The third-order valence-electron chi connectivity index (χ3n) is 3.25. The Hall–Kier alpha value is -1.75. The van der Waals surface area contributed by atoms with E-state index in [1.165, 1.54) is 5.56 Å². The molecule has 2 rings (SSSR count). The number of hydrogen-bond donors (Lipinski definition) is 1. The molecule has 0 radical (unpaired) electrons. The van der Waals surface area contributed by atoms with Crippen molar-refractivity contribution >= 4 is 5.69 Å². The number of methoxy groups -OCH3 is 1. The van der Waals surface area contributed by atoms with Gasteiger partial charge in [-0.1, -0.05) is 0 Å². The van der Waals surface area contributed by atoms with Crippen LogP contribution in [0.25, 0.3) is 0 Å². The first-order valence-corrected chi connectivity index (χ1v) is 6.49. The number of nitrogens with one attached hydrogen (secondary N) is 1. The van der Waals surface area contributed by atoms with E-state index in [1.54, 1.807) is 7.11 Å². The van der Waals surface area contributed by atoms with E-state index in [0.717, 1.165) is 30.2 Å². The van der Waals surface area contributed by atoms with Gasteiger partial charge in [-0.3, -0.25) is 4.68 Å². The van der Waals surface area contributed by atoms with Gasteiger partial charge < -0.3 is 14.6 Å². The minimum Gasteiger partial charge on any atom is -0.383 e. The molecule has 19 heavy (non-hydrogen) atoms. The lowest BCUT2D eigenvalue weighted by Gasteiger charge is -2.07. The van der Waals surface area contributed by atoms with E-state index in [4.69, 9.17) is 4.74 Å². The van der Waals surface area contributed by atoms with Crippen LogP contribution in [0.15, 0.2) is 18.5 Å². The molecule has 0 aliphatic heterocycles. The topological polar surface area (TPSA) is 44.0 Å². The van der Waals surface area contributed by atoms with Crippen LogP contribution in [0.1, 0.15) is 17.0 Å². The average molecular weight is 262 g/mol. The van der Waals surface area contributed by atoms with Crippen LogP contribution >= 0.6 is 0 Å². The van der Waals surface area contributed by atoms with Crippen molar-refractivity contribution in [3.8, 4) is 0 Å². The van der Waals surface area contributed by atoms with Crippen LogP contribution in [0.5, 0.6) is 0 Å². The number of anilines is 1. The number of aryl methyl sites for hydroxylation is 2. The summed E-state index contributed by atoms with van der Waals surface area (Å²) in [5, 5.41) is 8.00. The number of ether oxygens (including phenoxy) is 1. The maximum atomic E-state index is 5.10. The maximum Gasteiger partial charge on any atom is 0.0828 e. The molecule has 5 heteroatoms. The molecule has 0 aliphatic rings. The average Bonchev–Trinajstić information content (AvgIpc) is 2.90. The first-order chi connectivity index (χ1) is 9.11. The van der Waals surface area contributed by atoms with Gasteiger partial charge in [-0.05, 0) is 25.5 Å². The van der Waals surface area contributed by atoms with Gasteiger partial charge in [0.1, 0.15) is 0 Å². The molecule has 0 saturated heterocycles. The molecule has 2 heterocycles. The molecule has 1 N–H and O–H groups in total. The zero-order valence-electron chi connectivity index (χ0n) is 12.1. The van der Waals surface area contributed by atoms with Crippen LogP contribution in [-0.4, -0.2) is 28.1 Å². The molecule has 0 aromatic carbocycles. The van der Waals surface area contributed by atoms with Gasteiger partial charge in [0.15, 0.2) is 0 Å². The molecule has 0 atom stereocenters. The molecule has 0 unspecified atom stereocenters. The van der Waals surface area contributed by atoms with Gasteiger partial charge in [-0.25, -0.2) is 0 Å². The third kappa shape index (κ3) is 3.17. The third-order valence-corrected chi connectivity index (χ3v) is 3.25. The zero-order valence-corrected chi connectivity index (χ0v) is 12.1. The first-order valence-electron chi connectivity index (χ1n) is 6.49. The normalized spacial score (nSPS) is 10.9. The Morgan fingerprint density at radius 2 is 2.16 bits per heavy atom. The van der Waals surface area contributed by atoms with E-state index < -0.39 is 0 Å².